The molecular formula is C10H12ClNO2. The Morgan fingerprint density at radius 1 is 1.57 bits per heavy atom. The Kier molecular flexibility index (Phi) is 3.13. The van der Waals surface area contributed by atoms with Crippen molar-refractivity contribution in [2.75, 3.05) is 7.11 Å². The van der Waals surface area contributed by atoms with Crippen LogP contribution in [-0.4, -0.2) is 13.1 Å². The number of nitrogens with two attached hydrogens (primary N) is 1. The highest BCUT2D eigenvalue weighted by Crippen LogP contribution is 2.22. The number of rotatable bonds is 2. The molecule has 0 amide bonds. The molecule has 0 aliphatic heterocycles. The highest BCUT2D eigenvalue weighted by atomic mass is 35.5. The van der Waals surface area contributed by atoms with Crippen molar-refractivity contribution in [3.63, 3.8) is 0 Å². The van der Waals surface area contributed by atoms with E-state index in [0.29, 0.717) is 10.6 Å². The van der Waals surface area contributed by atoms with Gasteiger partial charge >= 0.3 is 5.97 Å². The molecule has 1 rings (SSSR count). The van der Waals surface area contributed by atoms with Crippen molar-refractivity contribution < 1.29 is 9.53 Å². The van der Waals surface area contributed by atoms with Gasteiger partial charge in [0.1, 0.15) is 5.54 Å². The number of esters is 1. The Bertz CT molecular complexity index is 350. The van der Waals surface area contributed by atoms with Gasteiger partial charge in [-0.1, -0.05) is 23.7 Å². The summed E-state index contributed by atoms with van der Waals surface area (Å²) in [5.74, 6) is -0.486. The molecule has 0 heterocycles. The van der Waals surface area contributed by atoms with Gasteiger partial charge in [-0.25, -0.2) is 4.79 Å². The minimum atomic E-state index is -1.15. The lowest BCUT2D eigenvalue weighted by molar-refractivity contribution is -0.146. The highest BCUT2D eigenvalue weighted by Gasteiger charge is 2.31. The summed E-state index contributed by atoms with van der Waals surface area (Å²) in [6.07, 6.45) is 0. The summed E-state index contributed by atoms with van der Waals surface area (Å²) >= 11 is 5.79. The lowest BCUT2D eigenvalue weighted by atomic mass is 9.93. The summed E-state index contributed by atoms with van der Waals surface area (Å²) in [5, 5.41) is 0.545. The van der Waals surface area contributed by atoms with Crippen molar-refractivity contribution in [2.45, 2.75) is 12.5 Å². The second kappa shape index (κ2) is 3.98. The molecule has 2 N–H and O–H groups in total. The quantitative estimate of drug-likeness (QED) is 0.761. The van der Waals surface area contributed by atoms with Gasteiger partial charge < -0.3 is 10.5 Å². The van der Waals surface area contributed by atoms with Crippen LogP contribution in [0.25, 0.3) is 0 Å². The van der Waals surface area contributed by atoms with Crippen LogP contribution in [0.3, 0.4) is 0 Å². The molecule has 0 unspecified atom stereocenters. The molecule has 1 aromatic carbocycles. The summed E-state index contributed by atoms with van der Waals surface area (Å²) in [7, 11) is 1.30. The summed E-state index contributed by atoms with van der Waals surface area (Å²) < 4.78 is 4.60. The molecule has 0 spiro atoms. The van der Waals surface area contributed by atoms with E-state index in [-0.39, 0.29) is 0 Å². The first-order chi connectivity index (χ1) is 6.48. The van der Waals surface area contributed by atoms with Crippen LogP contribution < -0.4 is 5.73 Å². The van der Waals surface area contributed by atoms with Gasteiger partial charge in [0, 0.05) is 5.02 Å². The predicted octanol–water partition coefficient (Wildman–Crippen LogP) is 1.69. The summed E-state index contributed by atoms with van der Waals surface area (Å²) in [6.45, 7) is 1.59. The van der Waals surface area contributed by atoms with Gasteiger partial charge in [-0.05, 0) is 24.6 Å². The lowest BCUT2D eigenvalue weighted by Crippen LogP contribution is -2.42. The Balaban J connectivity index is 3.09. The Morgan fingerprint density at radius 3 is 2.71 bits per heavy atom. The van der Waals surface area contributed by atoms with Gasteiger partial charge in [-0.15, -0.1) is 0 Å². The first-order valence-corrected chi connectivity index (χ1v) is 4.49. The van der Waals surface area contributed by atoms with Crippen LogP contribution in [0.1, 0.15) is 12.5 Å². The molecule has 0 radical (unpaired) electrons. The second-order valence-corrected chi connectivity index (χ2v) is 3.64. The fourth-order valence-electron chi connectivity index (χ4n) is 1.14. The molecular weight excluding hydrogens is 202 g/mol. The molecule has 0 saturated carbocycles. The fourth-order valence-corrected chi connectivity index (χ4v) is 1.33. The molecule has 0 bridgehead atoms. The zero-order valence-electron chi connectivity index (χ0n) is 8.08. The molecule has 1 aromatic rings. The van der Waals surface area contributed by atoms with E-state index in [9.17, 15) is 4.79 Å². The number of carbonyl (C=O) groups excluding carboxylic acids is 1. The van der Waals surface area contributed by atoms with Crippen LogP contribution in [0.15, 0.2) is 24.3 Å². The normalized spacial score (nSPS) is 14.6. The zero-order valence-corrected chi connectivity index (χ0v) is 8.84. The van der Waals surface area contributed by atoms with Crippen LogP contribution in [0, 0.1) is 0 Å². The third-order valence-electron chi connectivity index (χ3n) is 2.03. The van der Waals surface area contributed by atoms with Crippen LogP contribution >= 0.6 is 11.6 Å². The van der Waals surface area contributed by atoms with Gasteiger partial charge in [0.2, 0.25) is 0 Å². The number of hydrogen-bond acceptors (Lipinski definition) is 3. The third kappa shape index (κ3) is 2.05. The molecule has 14 heavy (non-hydrogen) atoms. The van der Waals surface area contributed by atoms with Crippen LogP contribution in [0.5, 0.6) is 0 Å². The molecule has 4 heteroatoms. The van der Waals surface area contributed by atoms with E-state index in [2.05, 4.69) is 4.74 Å². The van der Waals surface area contributed by atoms with Gasteiger partial charge in [-0.2, -0.15) is 0 Å². The smallest absolute Gasteiger partial charge is 0.330 e. The monoisotopic (exact) mass is 213 g/mol. The first-order valence-electron chi connectivity index (χ1n) is 4.12. The van der Waals surface area contributed by atoms with E-state index in [0.717, 1.165) is 0 Å². The molecule has 0 fully saturated rings. The molecule has 76 valence electrons. The third-order valence-corrected chi connectivity index (χ3v) is 2.27. The maximum absolute atomic E-state index is 11.4. The predicted molar refractivity (Wildman–Crippen MR) is 55.0 cm³/mol. The Hall–Kier alpha value is -1.06. The van der Waals surface area contributed by atoms with Crippen molar-refractivity contribution in [2.24, 2.45) is 5.73 Å². The maximum Gasteiger partial charge on any atom is 0.330 e. The largest absolute Gasteiger partial charge is 0.467 e. The molecule has 0 saturated heterocycles. The van der Waals surface area contributed by atoms with Crippen molar-refractivity contribution in [1.82, 2.24) is 0 Å². The van der Waals surface area contributed by atoms with E-state index in [1.54, 1.807) is 31.2 Å². The van der Waals surface area contributed by atoms with E-state index in [1.807, 2.05) is 0 Å². The van der Waals surface area contributed by atoms with Gasteiger partial charge in [-0.3, -0.25) is 0 Å². The molecule has 0 aliphatic carbocycles. The number of carbonyl (C=O) groups is 1. The molecule has 3 nitrogen and oxygen atoms in total. The van der Waals surface area contributed by atoms with Crippen LogP contribution in [0.4, 0.5) is 0 Å². The molecule has 0 aliphatic rings. The zero-order chi connectivity index (χ0) is 10.8. The van der Waals surface area contributed by atoms with Crippen molar-refractivity contribution >= 4 is 17.6 Å². The Labute approximate surface area is 87.8 Å². The number of methoxy groups -OCH3 is 1. The Morgan fingerprint density at radius 2 is 2.21 bits per heavy atom. The summed E-state index contributed by atoms with van der Waals surface area (Å²) in [5.41, 5.74) is 5.31. The van der Waals surface area contributed by atoms with E-state index >= 15 is 0 Å². The van der Waals surface area contributed by atoms with Gasteiger partial charge in [0.15, 0.2) is 0 Å². The second-order valence-electron chi connectivity index (χ2n) is 3.20. The minimum absolute atomic E-state index is 0.486. The average Bonchev–Trinajstić information content (AvgIpc) is 2.16. The van der Waals surface area contributed by atoms with Crippen molar-refractivity contribution in [3.8, 4) is 0 Å². The SMILES string of the molecule is COC(=O)[C@](C)(N)c1cccc(Cl)c1. The minimum Gasteiger partial charge on any atom is -0.467 e. The van der Waals surface area contributed by atoms with Gasteiger partial charge in [0.05, 0.1) is 7.11 Å². The maximum atomic E-state index is 11.4. The molecule has 1 atom stereocenters. The topological polar surface area (TPSA) is 52.3 Å². The number of halogens is 1. The molecule has 0 aromatic heterocycles. The van der Waals surface area contributed by atoms with Crippen LogP contribution in [-0.2, 0) is 15.1 Å². The first kappa shape index (κ1) is 11.0. The van der Waals surface area contributed by atoms with E-state index in [1.165, 1.54) is 7.11 Å². The van der Waals surface area contributed by atoms with Gasteiger partial charge in [0.25, 0.3) is 0 Å². The van der Waals surface area contributed by atoms with Crippen molar-refractivity contribution in [3.05, 3.63) is 34.9 Å². The van der Waals surface area contributed by atoms with E-state index < -0.39 is 11.5 Å². The number of ether oxygens (including phenoxy) is 1. The average molecular weight is 214 g/mol. The number of benzene rings is 1. The number of hydrogen-bond donors (Lipinski definition) is 1. The summed E-state index contributed by atoms with van der Waals surface area (Å²) in [6, 6.07) is 6.85. The fraction of sp³-hybridized carbons (Fsp3) is 0.300. The summed E-state index contributed by atoms with van der Waals surface area (Å²) in [4.78, 5) is 11.4. The van der Waals surface area contributed by atoms with Crippen molar-refractivity contribution in [1.29, 1.82) is 0 Å². The van der Waals surface area contributed by atoms with E-state index in [4.69, 9.17) is 17.3 Å². The standard InChI is InChI=1S/C10H12ClNO2/c1-10(12,9(13)14-2)7-4-3-5-8(11)6-7/h3-6H,12H2,1-2H3/t10-/m1/s1. The van der Waals surface area contributed by atoms with Crippen LogP contribution in [0.2, 0.25) is 5.02 Å². The lowest BCUT2D eigenvalue weighted by Gasteiger charge is -2.21. The highest BCUT2D eigenvalue weighted by molar-refractivity contribution is 6.30.